The quantitative estimate of drug-likeness (QED) is 0.917. The Bertz CT molecular complexity index is 677. The number of fused-ring (bicyclic) bond motifs is 1. The summed E-state index contributed by atoms with van der Waals surface area (Å²) in [6.07, 6.45) is -0.335. The number of ether oxygens (including phenoxy) is 1. The molecule has 0 bridgehead atoms. The van der Waals surface area contributed by atoms with E-state index in [4.69, 9.17) is 21.4 Å². The zero-order valence-electron chi connectivity index (χ0n) is 11.3. The number of halogens is 1. The number of benzene rings is 1. The first-order valence-electron chi connectivity index (χ1n) is 6.76. The Hall–Kier alpha value is -1.69. The summed E-state index contributed by atoms with van der Waals surface area (Å²) in [4.78, 5) is 18.5. The third kappa shape index (κ3) is 2.85. The van der Waals surface area contributed by atoms with Gasteiger partial charge in [-0.15, -0.1) is 0 Å². The summed E-state index contributed by atoms with van der Waals surface area (Å²) in [5, 5.41) is 10.5. The number of hydrogen-bond acceptors (Lipinski definition) is 4. The van der Waals surface area contributed by atoms with Crippen LogP contribution < -0.4 is 0 Å². The van der Waals surface area contributed by atoms with Crippen LogP contribution in [0.2, 0.25) is 5.02 Å². The van der Waals surface area contributed by atoms with E-state index in [1.165, 1.54) is 0 Å². The second-order valence-corrected chi connectivity index (χ2v) is 5.34. The first kappa shape index (κ1) is 14.3. The lowest BCUT2D eigenvalue weighted by Crippen LogP contribution is -2.47. The molecule has 0 spiro atoms. The largest absolute Gasteiger partial charge is 0.394 e. The lowest BCUT2D eigenvalue weighted by atomic mass is 10.2. The monoisotopic (exact) mass is 306 g/mol. The molecule has 5 nitrogen and oxygen atoms in total. The van der Waals surface area contributed by atoms with Crippen molar-refractivity contribution in [3.8, 4) is 0 Å². The highest BCUT2D eigenvalue weighted by molar-refractivity contribution is 6.35. The molecule has 1 saturated heterocycles. The number of para-hydroxylation sites is 1. The van der Waals surface area contributed by atoms with Crippen molar-refractivity contribution in [1.29, 1.82) is 0 Å². The van der Waals surface area contributed by atoms with Gasteiger partial charge in [-0.05, 0) is 12.1 Å². The molecule has 0 radical (unpaired) electrons. The molecular weight excluding hydrogens is 292 g/mol. The average molecular weight is 307 g/mol. The Balaban J connectivity index is 1.91. The van der Waals surface area contributed by atoms with Crippen molar-refractivity contribution < 1.29 is 14.6 Å². The van der Waals surface area contributed by atoms with Crippen LogP contribution in [0.5, 0.6) is 0 Å². The highest BCUT2D eigenvalue weighted by Crippen LogP contribution is 2.23. The lowest BCUT2D eigenvalue weighted by molar-refractivity contribution is -0.0448. The van der Waals surface area contributed by atoms with E-state index in [0.717, 1.165) is 5.39 Å². The first-order chi connectivity index (χ1) is 10.2. The summed E-state index contributed by atoms with van der Waals surface area (Å²) < 4.78 is 5.35. The van der Waals surface area contributed by atoms with Gasteiger partial charge in [-0.25, -0.2) is 4.98 Å². The fourth-order valence-corrected chi connectivity index (χ4v) is 2.68. The number of carbonyl (C=O) groups excluding carboxylic acids is 1. The van der Waals surface area contributed by atoms with Crippen molar-refractivity contribution in [2.45, 2.75) is 6.10 Å². The molecule has 6 heteroatoms. The average Bonchev–Trinajstić information content (AvgIpc) is 2.54. The van der Waals surface area contributed by atoms with Gasteiger partial charge in [0.1, 0.15) is 5.69 Å². The molecule has 1 fully saturated rings. The van der Waals surface area contributed by atoms with Crippen molar-refractivity contribution >= 4 is 28.4 Å². The van der Waals surface area contributed by atoms with Crippen molar-refractivity contribution in [2.75, 3.05) is 26.3 Å². The molecule has 0 saturated carbocycles. The standard InChI is InChI=1S/C15H15ClN2O3/c16-12-7-14(17-13-4-2-1-3-11(12)13)15(20)18-5-6-21-10(8-18)9-19/h1-4,7,10,19H,5-6,8-9H2. The van der Waals surface area contributed by atoms with Gasteiger partial charge in [-0.2, -0.15) is 0 Å². The van der Waals surface area contributed by atoms with Crippen molar-refractivity contribution in [1.82, 2.24) is 9.88 Å². The highest BCUT2D eigenvalue weighted by Gasteiger charge is 2.25. The molecular formula is C15H15ClN2O3. The van der Waals surface area contributed by atoms with E-state index in [9.17, 15) is 4.79 Å². The van der Waals surface area contributed by atoms with Gasteiger partial charge in [0.2, 0.25) is 0 Å². The summed E-state index contributed by atoms with van der Waals surface area (Å²) in [7, 11) is 0. The second kappa shape index (κ2) is 5.97. The Morgan fingerprint density at radius 3 is 3.10 bits per heavy atom. The van der Waals surface area contributed by atoms with E-state index in [0.29, 0.717) is 35.9 Å². The van der Waals surface area contributed by atoms with Gasteiger partial charge < -0.3 is 14.7 Å². The number of nitrogens with zero attached hydrogens (tertiary/aromatic N) is 2. The lowest BCUT2D eigenvalue weighted by Gasteiger charge is -2.31. The van der Waals surface area contributed by atoms with Crippen LogP contribution >= 0.6 is 11.6 Å². The summed E-state index contributed by atoms with van der Waals surface area (Å²) in [6, 6.07) is 9.03. The number of morpholine rings is 1. The van der Waals surface area contributed by atoms with Crippen LogP contribution in [0, 0.1) is 0 Å². The summed E-state index contributed by atoms with van der Waals surface area (Å²) >= 11 is 6.23. The van der Waals surface area contributed by atoms with Crippen molar-refractivity contribution in [3.05, 3.63) is 41.0 Å². The molecule has 1 aliphatic heterocycles. The minimum atomic E-state index is -0.335. The third-order valence-electron chi connectivity index (χ3n) is 3.51. The Labute approximate surface area is 127 Å². The van der Waals surface area contributed by atoms with E-state index in [1.54, 1.807) is 11.0 Å². The topological polar surface area (TPSA) is 62.7 Å². The third-order valence-corrected chi connectivity index (χ3v) is 3.83. The number of aromatic nitrogens is 1. The minimum absolute atomic E-state index is 0.102. The van der Waals surface area contributed by atoms with Crippen LogP contribution in [-0.2, 0) is 4.74 Å². The maximum Gasteiger partial charge on any atom is 0.272 e. The smallest absolute Gasteiger partial charge is 0.272 e. The van der Waals surface area contributed by atoms with E-state index in [2.05, 4.69) is 4.98 Å². The Kier molecular flexibility index (Phi) is 4.05. The van der Waals surface area contributed by atoms with Gasteiger partial charge in [-0.3, -0.25) is 4.79 Å². The molecule has 110 valence electrons. The van der Waals surface area contributed by atoms with Gasteiger partial charge in [0, 0.05) is 18.5 Å². The number of pyridine rings is 1. The number of amides is 1. The zero-order valence-corrected chi connectivity index (χ0v) is 12.1. The highest BCUT2D eigenvalue weighted by atomic mass is 35.5. The van der Waals surface area contributed by atoms with Crippen LogP contribution in [0.4, 0.5) is 0 Å². The van der Waals surface area contributed by atoms with Crippen molar-refractivity contribution in [3.63, 3.8) is 0 Å². The molecule has 2 aromatic rings. The zero-order chi connectivity index (χ0) is 14.8. The predicted octanol–water partition coefficient (Wildman–Crippen LogP) is 1.72. The predicted molar refractivity (Wildman–Crippen MR) is 79.5 cm³/mol. The molecule has 1 aromatic heterocycles. The number of aliphatic hydroxyl groups excluding tert-OH is 1. The fourth-order valence-electron chi connectivity index (χ4n) is 2.42. The van der Waals surface area contributed by atoms with Gasteiger partial charge in [-0.1, -0.05) is 29.8 Å². The molecule has 0 aliphatic carbocycles. The van der Waals surface area contributed by atoms with Gasteiger partial charge in [0.15, 0.2) is 0 Å². The maximum absolute atomic E-state index is 12.5. The molecule has 21 heavy (non-hydrogen) atoms. The van der Waals surface area contributed by atoms with Crippen LogP contribution in [0.3, 0.4) is 0 Å². The molecule has 1 aromatic carbocycles. The van der Waals surface area contributed by atoms with E-state index in [1.807, 2.05) is 24.3 Å². The summed E-state index contributed by atoms with van der Waals surface area (Å²) in [5.74, 6) is -0.190. The summed E-state index contributed by atoms with van der Waals surface area (Å²) in [6.45, 7) is 1.16. The van der Waals surface area contributed by atoms with Gasteiger partial charge in [0.05, 0.1) is 29.9 Å². The van der Waals surface area contributed by atoms with Crippen LogP contribution in [0.1, 0.15) is 10.5 Å². The molecule has 1 aliphatic rings. The Morgan fingerprint density at radius 1 is 1.48 bits per heavy atom. The van der Waals surface area contributed by atoms with Crippen LogP contribution in [0.25, 0.3) is 10.9 Å². The minimum Gasteiger partial charge on any atom is -0.394 e. The second-order valence-electron chi connectivity index (χ2n) is 4.93. The fraction of sp³-hybridized carbons (Fsp3) is 0.333. The molecule has 2 heterocycles. The molecule has 1 unspecified atom stereocenters. The van der Waals surface area contributed by atoms with E-state index >= 15 is 0 Å². The number of aliphatic hydroxyl groups is 1. The Morgan fingerprint density at radius 2 is 2.29 bits per heavy atom. The number of carbonyl (C=O) groups is 1. The molecule has 3 rings (SSSR count). The SMILES string of the molecule is O=C(c1cc(Cl)c2ccccc2n1)N1CCOC(CO)C1. The van der Waals surface area contributed by atoms with Gasteiger partial charge in [0.25, 0.3) is 5.91 Å². The normalized spacial score (nSPS) is 19.0. The molecule has 1 atom stereocenters. The van der Waals surface area contributed by atoms with Crippen molar-refractivity contribution in [2.24, 2.45) is 0 Å². The van der Waals surface area contributed by atoms with Gasteiger partial charge >= 0.3 is 0 Å². The van der Waals surface area contributed by atoms with E-state index in [-0.39, 0.29) is 18.6 Å². The van der Waals surface area contributed by atoms with Crippen LogP contribution in [0.15, 0.2) is 30.3 Å². The molecule has 1 amide bonds. The first-order valence-corrected chi connectivity index (χ1v) is 7.14. The number of rotatable bonds is 2. The van der Waals surface area contributed by atoms with Crippen LogP contribution in [-0.4, -0.2) is 53.3 Å². The molecule has 1 N–H and O–H groups in total. The maximum atomic E-state index is 12.5. The van der Waals surface area contributed by atoms with E-state index < -0.39 is 0 Å². The number of hydrogen-bond donors (Lipinski definition) is 1. The summed E-state index contributed by atoms with van der Waals surface area (Å²) in [5.41, 5.74) is 1.01.